The topological polar surface area (TPSA) is 29.9 Å². The van der Waals surface area contributed by atoms with Gasteiger partial charge in [-0.15, -0.1) is 0 Å². The Hall–Kier alpha value is -0.650. The van der Waals surface area contributed by atoms with Crippen LogP contribution in [0, 0.1) is 0 Å². The normalized spacial score (nSPS) is 12.6. The van der Waals surface area contributed by atoms with Gasteiger partial charge >= 0.3 is 0 Å². The molecular weight excluding hydrogens is 370 g/mol. The Morgan fingerprint density at radius 1 is 1.26 bits per heavy atom. The lowest BCUT2D eigenvalue weighted by atomic mass is 10.0. The minimum absolute atomic E-state index is 0.123. The summed E-state index contributed by atoms with van der Waals surface area (Å²) in [5.74, 6) is 0. The van der Waals surface area contributed by atoms with Gasteiger partial charge in [-0.05, 0) is 40.5 Å². The predicted molar refractivity (Wildman–Crippen MR) is 85.2 cm³/mol. The van der Waals surface area contributed by atoms with Gasteiger partial charge in [0.15, 0.2) is 0 Å². The van der Waals surface area contributed by atoms with Crippen molar-refractivity contribution in [2.75, 3.05) is 6.54 Å². The van der Waals surface area contributed by atoms with Crippen molar-refractivity contribution in [1.82, 2.24) is 15.1 Å². The molecule has 0 aliphatic carbocycles. The smallest absolute Gasteiger partial charge is 0.0770 e. The first-order valence-corrected chi connectivity index (χ1v) is 7.89. The van der Waals surface area contributed by atoms with Crippen LogP contribution < -0.4 is 5.32 Å². The molecule has 0 radical (unpaired) electrons. The van der Waals surface area contributed by atoms with Gasteiger partial charge in [-0.3, -0.25) is 4.68 Å². The maximum Gasteiger partial charge on any atom is 0.0770 e. The highest BCUT2D eigenvalue weighted by Gasteiger charge is 2.21. The van der Waals surface area contributed by atoms with E-state index in [0.717, 1.165) is 27.6 Å². The second kappa shape index (κ2) is 6.68. The number of hydrogen-bond donors (Lipinski definition) is 1. The summed E-state index contributed by atoms with van der Waals surface area (Å²) in [5, 5.41) is 7.90. The fourth-order valence-corrected chi connectivity index (χ4v) is 3.19. The van der Waals surface area contributed by atoms with Crippen molar-refractivity contribution in [2.24, 2.45) is 7.05 Å². The van der Waals surface area contributed by atoms with Gasteiger partial charge in [0.05, 0.1) is 22.4 Å². The first-order chi connectivity index (χ1) is 9.15. The third-order valence-corrected chi connectivity index (χ3v) is 4.36. The van der Waals surface area contributed by atoms with Crippen LogP contribution in [-0.2, 0) is 7.05 Å². The van der Waals surface area contributed by atoms with E-state index in [2.05, 4.69) is 67.4 Å². The number of aromatic nitrogens is 2. The lowest BCUT2D eigenvalue weighted by molar-refractivity contribution is 0.550. The number of nitrogens with one attached hydrogen (secondary N) is 1. The van der Waals surface area contributed by atoms with E-state index < -0.39 is 0 Å². The molecule has 0 saturated carbocycles. The van der Waals surface area contributed by atoms with Gasteiger partial charge in [-0.25, -0.2) is 0 Å². The van der Waals surface area contributed by atoms with Gasteiger partial charge in [0.25, 0.3) is 0 Å². The van der Waals surface area contributed by atoms with E-state index in [1.54, 1.807) is 0 Å². The summed E-state index contributed by atoms with van der Waals surface area (Å²) in [6.07, 6.45) is 2.93. The van der Waals surface area contributed by atoms with Crippen molar-refractivity contribution in [3.05, 3.63) is 50.7 Å². The first kappa shape index (κ1) is 14.8. The zero-order valence-corrected chi connectivity index (χ0v) is 14.2. The number of hydrogen-bond acceptors (Lipinski definition) is 2. The Labute approximate surface area is 130 Å². The monoisotopic (exact) mass is 385 g/mol. The van der Waals surface area contributed by atoms with Crippen molar-refractivity contribution in [1.29, 1.82) is 0 Å². The largest absolute Gasteiger partial charge is 0.305 e. The van der Waals surface area contributed by atoms with Crippen LogP contribution in [-0.4, -0.2) is 16.3 Å². The van der Waals surface area contributed by atoms with Crippen LogP contribution in [0.1, 0.15) is 30.6 Å². The van der Waals surface area contributed by atoms with Crippen molar-refractivity contribution < 1.29 is 0 Å². The summed E-state index contributed by atoms with van der Waals surface area (Å²) in [4.78, 5) is 0. The molecule has 0 saturated heterocycles. The number of halogens is 2. The maximum absolute atomic E-state index is 4.31. The molecule has 0 amide bonds. The van der Waals surface area contributed by atoms with Gasteiger partial charge in [-0.1, -0.05) is 41.1 Å². The van der Waals surface area contributed by atoms with Crippen LogP contribution in [0.3, 0.4) is 0 Å². The lowest BCUT2D eigenvalue weighted by Gasteiger charge is -2.21. The third-order valence-electron chi connectivity index (χ3n) is 3.03. The van der Waals surface area contributed by atoms with Gasteiger partial charge in [0, 0.05) is 11.5 Å². The minimum atomic E-state index is 0.123. The Morgan fingerprint density at radius 2 is 2.00 bits per heavy atom. The van der Waals surface area contributed by atoms with Crippen LogP contribution in [0.25, 0.3) is 0 Å². The Balaban J connectivity index is 2.45. The molecule has 1 aromatic carbocycles. The Morgan fingerprint density at radius 3 is 2.58 bits per heavy atom. The van der Waals surface area contributed by atoms with E-state index in [1.807, 2.05) is 24.0 Å². The zero-order chi connectivity index (χ0) is 13.8. The van der Waals surface area contributed by atoms with E-state index in [4.69, 9.17) is 0 Å². The minimum Gasteiger partial charge on any atom is -0.305 e. The second-order valence-electron chi connectivity index (χ2n) is 4.41. The Kier molecular flexibility index (Phi) is 5.19. The Bertz CT molecular complexity index is 532. The molecule has 0 aliphatic heterocycles. The third kappa shape index (κ3) is 3.27. The number of nitrogens with zero attached hydrogens (tertiary/aromatic N) is 2. The van der Waals surface area contributed by atoms with E-state index >= 15 is 0 Å². The van der Waals surface area contributed by atoms with Gasteiger partial charge < -0.3 is 5.32 Å². The van der Waals surface area contributed by atoms with Crippen LogP contribution in [0.15, 0.2) is 39.4 Å². The second-order valence-corrected chi connectivity index (χ2v) is 6.12. The van der Waals surface area contributed by atoms with Gasteiger partial charge in [0.1, 0.15) is 0 Å². The molecule has 102 valence electrons. The fourth-order valence-electron chi connectivity index (χ4n) is 2.10. The van der Waals surface area contributed by atoms with Crippen molar-refractivity contribution >= 4 is 31.9 Å². The van der Waals surface area contributed by atoms with E-state index in [1.165, 1.54) is 5.56 Å². The van der Waals surface area contributed by atoms with Crippen LogP contribution in [0.5, 0.6) is 0 Å². The summed E-state index contributed by atoms with van der Waals surface area (Å²) in [5.41, 5.74) is 2.36. The van der Waals surface area contributed by atoms with E-state index in [0.29, 0.717) is 0 Å². The molecule has 0 spiro atoms. The summed E-state index contributed by atoms with van der Waals surface area (Å²) >= 11 is 7.23. The summed E-state index contributed by atoms with van der Waals surface area (Å²) in [6.45, 7) is 3.13. The summed E-state index contributed by atoms with van der Waals surface area (Å²) in [7, 11) is 1.97. The highest BCUT2D eigenvalue weighted by Crippen LogP contribution is 2.32. The molecule has 5 heteroatoms. The molecule has 3 nitrogen and oxygen atoms in total. The molecule has 19 heavy (non-hydrogen) atoms. The average Bonchev–Trinajstić information content (AvgIpc) is 2.73. The zero-order valence-electron chi connectivity index (χ0n) is 11.0. The van der Waals surface area contributed by atoms with Crippen molar-refractivity contribution in [3.8, 4) is 0 Å². The number of aryl methyl sites for hydroxylation is 1. The maximum atomic E-state index is 4.31. The molecule has 2 rings (SSSR count). The first-order valence-electron chi connectivity index (χ1n) is 6.30. The van der Waals surface area contributed by atoms with E-state index in [-0.39, 0.29) is 6.04 Å². The van der Waals surface area contributed by atoms with Gasteiger partial charge in [0.2, 0.25) is 0 Å². The van der Waals surface area contributed by atoms with Crippen LogP contribution in [0.4, 0.5) is 0 Å². The standard InChI is InChI=1S/C14H17Br2N3/c1-3-8-17-13(10-6-4-5-7-11(10)15)14-12(16)9-18-19(14)2/h4-7,9,13,17H,3,8H2,1-2H3. The SMILES string of the molecule is CCCNC(c1ccccc1Br)c1c(Br)cnn1C. The number of rotatable bonds is 5. The molecule has 2 aromatic rings. The molecule has 1 atom stereocenters. The lowest BCUT2D eigenvalue weighted by Crippen LogP contribution is -2.26. The van der Waals surface area contributed by atoms with Crippen LogP contribution in [0.2, 0.25) is 0 Å². The molecule has 0 fully saturated rings. The summed E-state index contributed by atoms with van der Waals surface area (Å²) in [6, 6.07) is 8.42. The quantitative estimate of drug-likeness (QED) is 0.840. The molecule has 0 bridgehead atoms. The average molecular weight is 387 g/mol. The molecule has 1 aromatic heterocycles. The van der Waals surface area contributed by atoms with E-state index in [9.17, 15) is 0 Å². The summed E-state index contributed by atoms with van der Waals surface area (Å²) < 4.78 is 4.05. The predicted octanol–water partition coefficient (Wildman–Crippen LogP) is 4.03. The molecule has 1 N–H and O–H groups in total. The highest BCUT2D eigenvalue weighted by molar-refractivity contribution is 9.10. The van der Waals surface area contributed by atoms with Crippen molar-refractivity contribution in [3.63, 3.8) is 0 Å². The molecule has 0 aliphatic rings. The highest BCUT2D eigenvalue weighted by atomic mass is 79.9. The molecular formula is C14H17Br2N3. The van der Waals surface area contributed by atoms with Gasteiger partial charge in [-0.2, -0.15) is 5.10 Å². The van der Waals surface area contributed by atoms with Crippen LogP contribution >= 0.6 is 31.9 Å². The van der Waals surface area contributed by atoms with Crippen molar-refractivity contribution in [2.45, 2.75) is 19.4 Å². The number of benzene rings is 1. The molecule has 1 heterocycles. The molecule has 1 unspecified atom stereocenters. The fraction of sp³-hybridized carbons (Fsp3) is 0.357.